The summed E-state index contributed by atoms with van der Waals surface area (Å²) in [4.78, 5) is 0. The van der Waals surface area contributed by atoms with E-state index >= 15 is 0 Å². The quantitative estimate of drug-likeness (QED) is 0.266. The molecule has 0 saturated heterocycles. The van der Waals surface area contributed by atoms with Crippen LogP contribution < -0.4 is 0 Å². The summed E-state index contributed by atoms with van der Waals surface area (Å²) in [6.45, 7) is 11.8. The van der Waals surface area contributed by atoms with Crippen LogP contribution in [-0.4, -0.2) is 18.1 Å². The lowest BCUT2D eigenvalue weighted by molar-refractivity contribution is 1.00. The molecule has 4 aromatic rings. The first-order valence-corrected chi connectivity index (χ1v) is 15.0. The van der Waals surface area contributed by atoms with Crippen molar-refractivity contribution in [1.82, 2.24) is 4.57 Å². The van der Waals surface area contributed by atoms with Crippen molar-refractivity contribution >= 4 is 25.2 Å². The van der Waals surface area contributed by atoms with Gasteiger partial charge in [-0.1, -0.05) is 91.5 Å². The van der Waals surface area contributed by atoms with Crippen LogP contribution in [0.25, 0.3) is 28.5 Å². The van der Waals surface area contributed by atoms with E-state index in [9.17, 15) is 0 Å². The molecule has 0 radical (unpaired) electrons. The SMILES string of the molecule is CC1=Cc2c(-c3ccccc3)cccc2C1C1=C(C)C(=[Si](C)C)c2c1cc(C)n2-c1ccccc1. The Labute approximate surface area is 210 Å². The molecule has 2 heteroatoms. The van der Waals surface area contributed by atoms with E-state index in [0.29, 0.717) is 5.92 Å². The van der Waals surface area contributed by atoms with E-state index in [1.807, 2.05) is 0 Å². The summed E-state index contributed by atoms with van der Waals surface area (Å²) >= 11 is 0. The monoisotopic (exact) mass is 469 g/mol. The first kappa shape index (κ1) is 22.0. The fourth-order valence-electron chi connectivity index (χ4n) is 6.30. The molecule has 0 saturated carbocycles. The fourth-order valence-corrected chi connectivity index (χ4v) is 7.91. The molecule has 0 spiro atoms. The van der Waals surface area contributed by atoms with Crippen molar-refractivity contribution in [3.63, 3.8) is 0 Å². The number of hydrogen-bond acceptors (Lipinski definition) is 0. The minimum absolute atomic E-state index is 0.303. The molecule has 1 aromatic heterocycles. The van der Waals surface area contributed by atoms with E-state index < -0.39 is 8.41 Å². The Hall–Kier alpha value is -3.49. The van der Waals surface area contributed by atoms with Gasteiger partial charge in [-0.3, -0.25) is 0 Å². The van der Waals surface area contributed by atoms with E-state index in [0.717, 1.165) is 0 Å². The maximum absolute atomic E-state index is 2.49. The summed E-state index contributed by atoms with van der Waals surface area (Å²) in [6.07, 6.45) is 2.44. The maximum Gasteiger partial charge on any atom is 0.0561 e. The molecule has 35 heavy (non-hydrogen) atoms. The molecule has 0 aliphatic heterocycles. The van der Waals surface area contributed by atoms with Gasteiger partial charge in [-0.05, 0) is 77.5 Å². The zero-order valence-electron chi connectivity index (χ0n) is 21.2. The predicted octanol–water partition coefficient (Wildman–Crippen LogP) is 8.30. The van der Waals surface area contributed by atoms with E-state index in [1.165, 1.54) is 61.6 Å². The van der Waals surface area contributed by atoms with Crippen LogP contribution >= 0.6 is 0 Å². The lowest BCUT2D eigenvalue weighted by atomic mass is 9.84. The van der Waals surface area contributed by atoms with Crippen molar-refractivity contribution in [2.75, 3.05) is 0 Å². The molecule has 172 valence electrons. The summed E-state index contributed by atoms with van der Waals surface area (Å²) in [5.41, 5.74) is 15.3. The van der Waals surface area contributed by atoms with Crippen molar-refractivity contribution in [1.29, 1.82) is 0 Å². The number of para-hydroxylation sites is 1. The van der Waals surface area contributed by atoms with Crippen LogP contribution in [0.2, 0.25) is 13.1 Å². The number of aryl methyl sites for hydroxylation is 1. The molecule has 1 heterocycles. The molecule has 0 amide bonds. The molecular formula is C33H31NSi. The highest BCUT2D eigenvalue weighted by molar-refractivity contribution is 6.75. The zero-order chi connectivity index (χ0) is 24.3. The third-order valence-corrected chi connectivity index (χ3v) is 9.27. The van der Waals surface area contributed by atoms with Gasteiger partial charge in [-0.2, -0.15) is 0 Å². The third-order valence-electron chi connectivity index (χ3n) is 7.66. The van der Waals surface area contributed by atoms with Crippen LogP contribution in [-0.2, 0) is 0 Å². The number of hydrogen-bond donors (Lipinski definition) is 0. The van der Waals surface area contributed by atoms with Crippen LogP contribution in [0.15, 0.2) is 96.1 Å². The fraction of sp³-hybridized carbons (Fsp3) is 0.182. The van der Waals surface area contributed by atoms with E-state index in [-0.39, 0.29) is 0 Å². The van der Waals surface area contributed by atoms with Gasteiger partial charge in [0.25, 0.3) is 0 Å². The molecule has 1 atom stereocenters. The number of aromatic nitrogens is 1. The van der Waals surface area contributed by atoms with Crippen LogP contribution in [0.1, 0.15) is 47.8 Å². The smallest absolute Gasteiger partial charge is 0.0561 e. The van der Waals surface area contributed by atoms with Gasteiger partial charge >= 0.3 is 0 Å². The van der Waals surface area contributed by atoms with E-state index in [4.69, 9.17) is 0 Å². The Morgan fingerprint density at radius 2 is 1.43 bits per heavy atom. The highest BCUT2D eigenvalue weighted by Gasteiger charge is 2.37. The second-order valence-corrected chi connectivity index (χ2v) is 12.6. The average molecular weight is 470 g/mol. The largest absolute Gasteiger partial charge is 0.314 e. The number of nitrogens with zero attached hydrogens (tertiary/aromatic N) is 1. The van der Waals surface area contributed by atoms with Crippen molar-refractivity contribution in [3.05, 3.63) is 124 Å². The summed E-state index contributed by atoms with van der Waals surface area (Å²) in [5.74, 6) is 0.303. The van der Waals surface area contributed by atoms with Crippen LogP contribution in [0.5, 0.6) is 0 Å². The number of allylic oxidation sites excluding steroid dienone is 3. The molecule has 1 nitrogen and oxygen atoms in total. The Balaban J connectivity index is 1.58. The maximum atomic E-state index is 2.49. The molecule has 2 aliphatic carbocycles. The Bertz CT molecular complexity index is 1560. The van der Waals surface area contributed by atoms with Gasteiger partial charge in [0.05, 0.1) is 5.69 Å². The van der Waals surface area contributed by atoms with Gasteiger partial charge in [0.2, 0.25) is 0 Å². The normalized spacial score (nSPS) is 16.4. The molecule has 0 N–H and O–H groups in total. The second kappa shape index (κ2) is 8.32. The van der Waals surface area contributed by atoms with Crippen LogP contribution in [0.3, 0.4) is 0 Å². The lowest BCUT2D eigenvalue weighted by Crippen LogP contribution is -2.16. The average Bonchev–Trinajstić information content (AvgIpc) is 3.45. The molecule has 2 aliphatic rings. The molecule has 1 unspecified atom stereocenters. The lowest BCUT2D eigenvalue weighted by Gasteiger charge is -2.19. The first-order chi connectivity index (χ1) is 17.0. The Morgan fingerprint density at radius 3 is 2.11 bits per heavy atom. The number of rotatable bonds is 3. The van der Waals surface area contributed by atoms with Crippen molar-refractivity contribution in [2.45, 2.75) is 39.8 Å². The molecule has 0 fully saturated rings. The zero-order valence-corrected chi connectivity index (χ0v) is 22.2. The highest BCUT2D eigenvalue weighted by Crippen LogP contribution is 2.52. The molecular weight excluding hydrogens is 438 g/mol. The second-order valence-electron chi connectivity index (χ2n) is 10.1. The first-order valence-electron chi connectivity index (χ1n) is 12.5. The molecule has 3 aromatic carbocycles. The topological polar surface area (TPSA) is 4.93 Å². The summed E-state index contributed by atoms with van der Waals surface area (Å²) in [6, 6.07) is 31.0. The number of fused-ring (bicyclic) bond motifs is 2. The highest BCUT2D eigenvalue weighted by atomic mass is 28.2. The van der Waals surface area contributed by atoms with Gasteiger partial charge in [-0.15, -0.1) is 0 Å². The van der Waals surface area contributed by atoms with Gasteiger partial charge in [-0.25, -0.2) is 0 Å². The van der Waals surface area contributed by atoms with Gasteiger partial charge < -0.3 is 4.57 Å². The summed E-state index contributed by atoms with van der Waals surface area (Å²) < 4.78 is 2.49. The molecule has 0 bridgehead atoms. The summed E-state index contributed by atoms with van der Waals surface area (Å²) in [5, 5.41) is 1.58. The minimum Gasteiger partial charge on any atom is -0.314 e. The van der Waals surface area contributed by atoms with Gasteiger partial charge in [0.1, 0.15) is 0 Å². The predicted molar refractivity (Wildman–Crippen MR) is 153 cm³/mol. The van der Waals surface area contributed by atoms with E-state index in [2.05, 4.69) is 129 Å². The summed E-state index contributed by atoms with van der Waals surface area (Å²) in [7, 11) is -0.676. The van der Waals surface area contributed by atoms with Crippen molar-refractivity contribution < 1.29 is 0 Å². The standard InChI is InChI=1S/C33H31NSi/c1-21-19-28-26(24-13-8-6-9-14-24)17-12-18-27(28)30(21)31-23(3)33(35(4)5)32-29(31)20-22(2)34(32)25-15-10-7-11-16-25/h6-20,30H,1-5H3. The van der Waals surface area contributed by atoms with Crippen LogP contribution in [0.4, 0.5) is 0 Å². The Morgan fingerprint density at radius 1 is 0.743 bits per heavy atom. The third kappa shape index (κ3) is 3.31. The van der Waals surface area contributed by atoms with Crippen LogP contribution in [0, 0.1) is 6.92 Å². The Kier molecular flexibility index (Phi) is 5.23. The molecule has 6 rings (SSSR count). The van der Waals surface area contributed by atoms with Gasteiger partial charge in [0, 0.05) is 31.3 Å². The van der Waals surface area contributed by atoms with Gasteiger partial charge in [0.15, 0.2) is 0 Å². The number of benzene rings is 3. The van der Waals surface area contributed by atoms with E-state index in [1.54, 1.807) is 5.17 Å². The van der Waals surface area contributed by atoms with Crippen molar-refractivity contribution in [3.8, 4) is 16.8 Å². The van der Waals surface area contributed by atoms with Crippen molar-refractivity contribution in [2.24, 2.45) is 0 Å². The minimum atomic E-state index is -0.676.